The van der Waals surface area contributed by atoms with Gasteiger partial charge >= 0.3 is 0 Å². The van der Waals surface area contributed by atoms with Gasteiger partial charge in [-0.15, -0.1) is 0 Å². The van der Waals surface area contributed by atoms with Gasteiger partial charge in [-0.3, -0.25) is 14.4 Å². The molecule has 1 aliphatic heterocycles. The quantitative estimate of drug-likeness (QED) is 0.922. The fourth-order valence-corrected chi connectivity index (χ4v) is 3.22. The molecule has 1 saturated heterocycles. The monoisotopic (exact) mass is 328 g/mol. The van der Waals surface area contributed by atoms with Crippen molar-refractivity contribution in [3.8, 4) is 11.1 Å². The fourth-order valence-electron chi connectivity index (χ4n) is 3.22. The van der Waals surface area contributed by atoms with E-state index in [1.165, 1.54) is 16.7 Å². The third-order valence-electron chi connectivity index (χ3n) is 4.33. The van der Waals surface area contributed by atoms with Crippen LogP contribution < -0.4 is 5.73 Å². The van der Waals surface area contributed by atoms with E-state index in [1.807, 2.05) is 26.4 Å². The van der Waals surface area contributed by atoms with Crippen molar-refractivity contribution in [1.29, 1.82) is 0 Å². The van der Waals surface area contributed by atoms with Gasteiger partial charge in [0.05, 0.1) is 12.3 Å². The molecule has 2 heterocycles. The molecule has 1 aromatic carbocycles. The van der Waals surface area contributed by atoms with Gasteiger partial charge in [0, 0.05) is 38.4 Å². The topological polar surface area (TPSA) is 73.4 Å². The number of morpholine rings is 1. The van der Waals surface area contributed by atoms with Crippen LogP contribution in [0.2, 0.25) is 0 Å². The number of hydrogen-bond acceptors (Lipinski definition) is 4. The normalized spacial score (nSPS) is 21.8. The van der Waals surface area contributed by atoms with Crippen LogP contribution in [0.15, 0.2) is 30.6 Å². The van der Waals surface area contributed by atoms with E-state index in [0.29, 0.717) is 6.54 Å². The van der Waals surface area contributed by atoms with E-state index in [1.54, 1.807) is 4.68 Å². The van der Waals surface area contributed by atoms with E-state index in [4.69, 9.17) is 10.5 Å². The molecule has 1 aromatic heterocycles. The van der Waals surface area contributed by atoms with E-state index < -0.39 is 12.0 Å². The lowest BCUT2D eigenvalue weighted by molar-refractivity contribution is -0.142. The number of rotatable bonds is 4. The zero-order valence-electron chi connectivity index (χ0n) is 14.4. The molecule has 2 aromatic rings. The summed E-state index contributed by atoms with van der Waals surface area (Å²) < 4.78 is 7.43. The van der Waals surface area contributed by atoms with Gasteiger partial charge in [0.15, 0.2) is 0 Å². The van der Waals surface area contributed by atoms with Crippen LogP contribution in [0.5, 0.6) is 0 Å². The summed E-state index contributed by atoms with van der Waals surface area (Å²) in [6.45, 7) is 6.12. The summed E-state index contributed by atoms with van der Waals surface area (Å²) >= 11 is 0. The molecular formula is C18H24N4O2. The molecule has 1 amide bonds. The van der Waals surface area contributed by atoms with Crippen molar-refractivity contribution in [3.05, 3.63) is 41.7 Å². The number of carbonyl (C=O) groups is 1. The Balaban J connectivity index is 1.86. The van der Waals surface area contributed by atoms with Crippen LogP contribution in [0.4, 0.5) is 0 Å². The van der Waals surface area contributed by atoms with Crippen molar-refractivity contribution in [2.24, 2.45) is 12.8 Å². The molecule has 1 fully saturated rings. The second-order valence-corrected chi connectivity index (χ2v) is 6.60. The Morgan fingerprint density at radius 3 is 2.88 bits per heavy atom. The second-order valence-electron chi connectivity index (χ2n) is 6.60. The molecule has 3 rings (SSSR count). The Labute approximate surface area is 142 Å². The largest absolute Gasteiger partial charge is 0.367 e. The lowest BCUT2D eigenvalue weighted by atomic mass is 9.99. The van der Waals surface area contributed by atoms with Gasteiger partial charge in [0.1, 0.15) is 6.10 Å². The Bertz CT molecular complexity index is 740. The van der Waals surface area contributed by atoms with Gasteiger partial charge in [-0.05, 0) is 25.0 Å². The highest BCUT2D eigenvalue weighted by Crippen LogP contribution is 2.26. The molecule has 0 unspecified atom stereocenters. The molecule has 0 saturated carbocycles. The van der Waals surface area contributed by atoms with E-state index >= 15 is 0 Å². The molecule has 2 atom stereocenters. The molecule has 6 heteroatoms. The SMILES string of the molecule is Cc1ccc(CN2C[C@@H](C)O[C@H](C(N)=O)C2)c(-c2cnn(C)c2)c1. The predicted octanol–water partition coefficient (Wildman–Crippen LogP) is 1.47. The number of ether oxygens (including phenoxy) is 1. The highest BCUT2D eigenvalue weighted by atomic mass is 16.5. The minimum Gasteiger partial charge on any atom is -0.367 e. The molecule has 128 valence electrons. The number of amides is 1. The number of nitrogens with two attached hydrogens (primary N) is 1. The second kappa shape index (κ2) is 6.75. The van der Waals surface area contributed by atoms with E-state index in [0.717, 1.165) is 18.7 Å². The highest BCUT2D eigenvalue weighted by molar-refractivity contribution is 5.79. The maximum atomic E-state index is 11.5. The molecule has 6 nitrogen and oxygen atoms in total. The molecule has 2 N–H and O–H groups in total. The van der Waals surface area contributed by atoms with Crippen LogP contribution in [0.1, 0.15) is 18.1 Å². The van der Waals surface area contributed by atoms with E-state index in [2.05, 4.69) is 35.1 Å². The lowest BCUT2D eigenvalue weighted by Crippen LogP contribution is -2.51. The van der Waals surface area contributed by atoms with Crippen LogP contribution in [0, 0.1) is 6.92 Å². The van der Waals surface area contributed by atoms with E-state index in [9.17, 15) is 4.79 Å². The number of aromatic nitrogens is 2. The molecule has 0 bridgehead atoms. The zero-order valence-corrected chi connectivity index (χ0v) is 14.4. The van der Waals surface area contributed by atoms with Gasteiger partial charge < -0.3 is 10.5 Å². The molecule has 1 aliphatic rings. The molecule has 24 heavy (non-hydrogen) atoms. The van der Waals surface area contributed by atoms with E-state index in [-0.39, 0.29) is 6.10 Å². The maximum absolute atomic E-state index is 11.5. The molecule has 0 radical (unpaired) electrons. The summed E-state index contributed by atoms with van der Waals surface area (Å²) in [6, 6.07) is 6.45. The number of benzene rings is 1. The first kappa shape index (κ1) is 16.7. The maximum Gasteiger partial charge on any atom is 0.247 e. The van der Waals surface area contributed by atoms with Crippen molar-refractivity contribution in [1.82, 2.24) is 14.7 Å². The van der Waals surface area contributed by atoms with Crippen LogP contribution in [0.3, 0.4) is 0 Å². The smallest absolute Gasteiger partial charge is 0.247 e. The average Bonchev–Trinajstić information content (AvgIpc) is 2.95. The summed E-state index contributed by atoms with van der Waals surface area (Å²) in [4.78, 5) is 13.7. The minimum atomic E-state index is -0.541. The number of aryl methyl sites for hydroxylation is 2. The van der Waals surface area contributed by atoms with Crippen molar-refractivity contribution >= 4 is 5.91 Å². The summed E-state index contributed by atoms with van der Waals surface area (Å²) in [7, 11) is 1.92. The summed E-state index contributed by atoms with van der Waals surface area (Å²) in [5.74, 6) is -0.400. The summed E-state index contributed by atoms with van der Waals surface area (Å²) in [6.07, 6.45) is 3.35. The molecule has 0 spiro atoms. The first-order chi connectivity index (χ1) is 11.4. The van der Waals surface area contributed by atoms with Crippen LogP contribution >= 0.6 is 0 Å². The number of primary amides is 1. The Morgan fingerprint density at radius 2 is 2.21 bits per heavy atom. The number of nitrogens with zero attached hydrogens (tertiary/aromatic N) is 3. The zero-order chi connectivity index (χ0) is 17.3. The van der Waals surface area contributed by atoms with Crippen molar-refractivity contribution in [3.63, 3.8) is 0 Å². The van der Waals surface area contributed by atoms with Gasteiger partial charge in [0.2, 0.25) is 5.91 Å². The van der Waals surface area contributed by atoms with Crippen molar-refractivity contribution in [2.45, 2.75) is 32.6 Å². The van der Waals surface area contributed by atoms with Crippen LogP contribution in [-0.2, 0) is 23.1 Å². The van der Waals surface area contributed by atoms with Gasteiger partial charge in [-0.1, -0.05) is 23.8 Å². The third kappa shape index (κ3) is 3.66. The van der Waals surface area contributed by atoms with Crippen LogP contribution in [-0.4, -0.2) is 45.9 Å². The Kier molecular flexibility index (Phi) is 4.69. The molecule has 0 aliphatic carbocycles. The number of hydrogen-bond donors (Lipinski definition) is 1. The van der Waals surface area contributed by atoms with Gasteiger partial charge in [-0.25, -0.2) is 0 Å². The Morgan fingerprint density at radius 1 is 1.42 bits per heavy atom. The van der Waals surface area contributed by atoms with Crippen LogP contribution in [0.25, 0.3) is 11.1 Å². The summed E-state index contributed by atoms with van der Waals surface area (Å²) in [5.41, 5.74) is 10.1. The highest BCUT2D eigenvalue weighted by Gasteiger charge is 2.29. The minimum absolute atomic E-state index is 0.0106. The first-order valence-corrected chi connectivity index (χ1v) is 8.18. The molecular weight excluding hydrogens is 304 g/mol. The standard InChI is InChI=1S/C18H24N4O2/c1-12-4-5-14(16(6-12)15-7-20-21(3)9-15)10-22-8-13(2)24-17(11-22)18(19)23/h4-7,9,13,17H,8,10-11H2,1-3H3,(H2,19,23)/t13-,17+/m1/s1. The van der Waals surface area contributed by atoms with Gasteiger partial charge in [0.25, 0.3) is 0 Å². The fraction of sp³-hybridized carbons (Fsp3) is 0.444. The third-order valence-corrected chi connectivity index (χ3v) is 4.33. The predicted molar refractivity (Wildman–Crippen MR) is 92.2 cm³/mol. The van der Waals surface area contributed by atoms with Gasteiger partial charge in [-0.2, -0.15) is 5.10 Å². The average molecular weight is 328 g/mol. The Hall–Kier alpha value is -2.18. The van der Waals surface area contributed by atoms with Crippen molar-refractivity contribution in [2.75, 3.05) is 13.1 Å². The first-order valence-electron chi connectivity index (χ1n) is 8.18. The van der Waals surface area contributed by atoms with Crippen molar-refractivity contribution < 1.29 is 9.53 Å². The lowest BCUT2D eigenvalue weighted by Gasteiger charge is -2.35. The summed E-state index contributed by atoms with van der Waals surface area (Å²) in [5, 5.41) is 4.28. The number of carbonyl (C=O) groups excluding carboxylic acids is 1.